The summed E-state index contributed by atoms with van der Waals surface area (Å²) in [4.78, 5) is 68.9. The zero-order valence-electron chi connectivity index (χ0n) is 23.0. The van der Waals surface area contributed by atoms with Crippen molar-refractivity contribution in [3.05, 3.63) is 64.7 Å². The van der Waals surface area contributed by atoms with Gasteiger partial charge in [-0.15, -0.1) is 11.3 Å². The van der Waals surface area contributed by atoms with E-state index in [1.165, 1.54) is 19.6 Å². The highest BCUT2D eigenvalue weighted by molar-refractivity contribution is 7.14. The van der Waals surface area contributed by atoms with Crippen molar-refractivity contribution in [3.8, 4) is 17.2 Å². The molecule has 2 aliphatic rings. The Kier molecular flexibility index (Phi) is 8.71. The van der Waals surface area contributed by atoms with Gasteiger partial charge in [0.25, 0.3) is 5.91 Å². The molecule has 2 aromatic carbocycles. The average Bonchev–Trinajstić information content (AvgIpc) is 3.61. The van der Waals surface area contributed by atoms with Crippen LogP contribution in [-0.2, 0) is 30.3 Å². The molecule has 0 bridgehead atoms. The van der Waals surface area contributed by atoms with Crippen molar-refractivity contribution in [2.24, 2.45) is 0 Å². The molecule has 1 fully saturated rings. The predicted octanol–water partition coefficient (Wildman–Crippen LogP) is 2.10. The van der Waals surface area contributed by atoms with Gasteiger partial charge in [0.15, 0.2) is 28.9 Å². The number of aromatic nitrogens is 1. The summed E-state index contributed by atoms with van der Waals surface area (Å²) in [6.45, 7) is 0.401. The van der Waals surface area contributed by atoms with Crippen molar-refractivity contribution in [1.29, 1.82) is 0 Å². The SMILES string of the molecule is COC(=O)COc1cccc(CC(C(=O)Nc2nc(C(=O)OC)cs2)N2C(=O)NC(c3ccc4c(c3)OCCO4)C2=O)c1. The second-order valence-electron chi connectivity index (χ2n) is 9.24. The van der Waals surface area contributed by atoms with Crippen molar-refractivity contribution in [2.75, 3.05) is 39.4 Å². The van der Waals surface area contributed by atoms with Crippen molar-refractivity contribution in [2.45, 2.75) is 18.5 Å². The number of methoxy groups -OCH3 is 2. The zero-order valence-corrected chi connectivity index (χ0v) is 23.8. The minimum Gasteiger partial charge on any atom is -0.486 e. The number of hydrogen-bond acceptors (Lipinski definition) is 12. The van der Waals surface area contributed by atoms with E-state index in [4.69, 9.17) is 14.2 Å². The Bertz CT molecular complexity index is 1570. The van der Waals surface area contributed by atoms with Gasteiger partial charge in [0.05, 0.1) is 14.2 Å². The topological polar surface area (TPSA) is 172 Å². The molecule has 0 spiro atoms. The number of ether oxygens (including phenoxy) is 5. The number of amides is 4. The van der Waals surface area contributed by atoms with Crippen LogP contribution in [0.2, 0.25) is 0 Å². The summed E-state index contributed by atoms with van der Waals surface area (Å²) in [6, 6.07) is 8.22. The molecule has 1 saturated heterocycles. The number of benzene rings is 2. The summed E-state index contributed by atoms with van der Waals surface area (Å²) in [5.41, 5.74) is 0.967. The third-order valence-corrected chi connectivity index (χ3v) is 7.28. The molecule has 15 heteroatoms. The molecular weight excluding hydrogens is 584 g/mol. The monoisotopic (exact) mass is 610 g/mol. The summed E-state index contributed by atoms with van der Waals surface area (Å²) in [7, 11) is 2.44. The summed E-state index contributed by atoms with van der Waals surface area (Å²) in [5.74, 6) is -1.38. The standard InChI is InChI=1S/C28H26N4O10S/c1-38-22(33)13-42-17-5-3-4-15(10-17)11-19(24(34)31-27-29-18(14-43-27)26(36)39-2)32-25(35)23(30-28(32)37)16-6-7-20-21(12-16)41-9-8-40-20/h3-7,10,12,14,19,23H,8-9,11,13H2,1-2H3,(H,30,37)(H,29,31,34). The zero-order chi connectivity index (χ0) is 30.5. The lowest BCUT2D eigenvalue weighted by Crippen LogP contribution is -2.49. The fourth-order valence-electron chi connectivity index (χ4n) is 4.46. The molecule has 2 unspecified atom stereocenters. The van der Waals surface area contributed by atoms with Crippen LogP contribution in [0.1, 0.15) is 27.7 Å². The van der Waals surface area contributed by atoms with Gasteiger partial charge >= 0.3 is 18.0 Å². The fraction of sp³-hybridized carbons (Fsp3) is 0.286. The van der Waals surface area contributed by atoms with Crippen LogP contribution in [0.3, 0.4) is 0 Å². The third kappa shape index (κ3) is 6.51. The second-order valence-corrected chi connectivity index (χ2v) is 10.1. The number of fused-ring (bicyclic) bond motifs is 1. The molecule has 3 aromatic rings. The quantitative estimate of drug-likeness (QED) is 0.254. The number of urea groups is 1. The van der Waals surface area contributed by atoms with E-state index in [2.05, 4.69) is 25.1 Å². The Morgan fingerprint density at radius 1 is 1.09 bits per heavy atom. The number of imide groups is 1. The average molecular weight is 611 g/mol. The molecule has 1 aromatic heterocycles. The van der Waals surface area contributed by atoms with Gasteiger partial charge in [-0.05, 0) is 35.4 Å². The number of thiazole rings is 1. The molecule has 5 rings (SSSR count). The number of rotatable bonds is 10. The number of nitrogens with zero attached hydrogens (tertiary/aromatic N) is 2. The van der Waals surface area contributed by atoms with Crippen LogP contribution in [0.4, 0.5) is 9.93 Å². The predicted molar refractivity (Wildman–Crippen MR) is 149 cm³/mol. The molecule has 43 heavy (non-hydrogen) atoms. The highest BCUT2D eigenvalue weighted by Crippen LogP contribution is 2.35. The number of anilines is 1. The van der Waals surface area contributed by atoms with Gasteiger partial charge in [0.2, 0.25) is 5.91 Å². The smallest absolute Gasteiger partial charge is 0.357 e. The number of nitrogens with one attached hydrogen (secondary N) is 2. The molecule has 0 radical (unpaired) electrons. The van der Waals surface area contributed by atoms with E-state index in [-0.39, 0.29) is 23.9 Å². The van der Waals surface area contributed by atoms with Crippen LogP contribution in [0.25, 0.3) is 0 Å². The van der Waals surface area contributed by atoms with Crippen LogP contribution in [0.15, 0.2) is 47.8 Å². The maximum atomic E-state index is 13.7. The summed E-state index contributed by atoms with van der Waals surface area (Å²) >= 11 is 0.976. The van der Waals surface area contributed by atoms with E-state index >= 15 is 0 Å². The summed E-state index contributed by atoms with van der Waals surface area (Å²) < 4.78 is 25.9. The van der Waals surface area contributed by atoms with E-state index in [0.29, 0.717) is 41.6 Å². The van der Waals surface area contributed by atoms with E-state index in [1.54, 1.807) is 42.5 Å². The van der Waals surface area contributed by atoms with Gasteiger partial charge < -0.3 is 34.3 Å². The van der Waals surface area contributed by atoms with Gasteiger partial charge in [0, 0.05) is 11.8 Å². The molecule has 2 aliphatic heterocycles. The van der Waals surface area contributed by atoms with Crippen molar-refractivity contribution in [3.63, 3.8) is 0 Å². The van der Waals surface area contributed by atoms with E-state index < -0.39 is 41.9 Å². The normalized spacial score (nSPS) is 16.2. The number of esters is 2. The lowest BCUT2D eigenvalue weighted by Gasteiger charge is -2.24. The Balaban J connectivity index is 1.42. The first kappa shape index (κ1) is 29.3. The molecule has 2 atom stereocenters. The molecule has 4 amide bonds. The maximum absolute atomic E-state index is 13.7. The van der Waals surface area contributed by atoms with Gasteiger partial charge in [-0.25, -0.2) is 24.3 Å². The molecule has 14 nitrogen and oxygen atoms in total. The maximum Gasteiger partial charge on any atom is 0.357 e. The Labute approximate surface area is 248 Å². The molecule has 224 valence electrons. The van der Waals surface area contributed by atoms with Crippen LogP contribution in [0.5, 0.6) is 17.2 Å². The first-order valence-electron chi connectivity index (χ1n) is 12.9. The largest absolute Gasteiger partial charge is 0.486 e. The number of carbonyl (C=O) groups excluding carboxylic acids is 5. The van der Waals surface area contributed by atoms with Crippen LogP contribution >= 0.6 is 11.3 Å². The van der Waals surface area contributed by atoms with E-state index in [0.717, 1.165) is 16.2 Å². The summed E-state index contributed by atoms with van der Waals surface area (Å²) in [5, 5.41) is 6.72. The van der Waals surface area contributed by atoms with E-state index in [1.807, 2.05) is 0 Å². The van der Waals surface area contributed by atoms with E-state index in [9.17, 15) is 24.0 Å². The second kappa shape index (κ2) is 12.8. The molecule has 3 heterocycles. The highest BCUT2D eigenvalue weighted by Gasteiger charge is 2.45. The van der Waals surface area contributed by atoms with Gasteiger partial charge in [-0.3, -0.25) is 9.59 Å². The molecule has 2 N–H and O–H groups in total. The van der Waals surface area contributed by atoms with Crippen molar-refractivity contribution in [1.82, 2.24) is 15.2 Å². The molecule has 0 saturated carbocycles. The van der Waals surface area contributed by atoms with Crippen LogP contribution in [0, 0.1) is 0 Å². The lowest BCUT2D eigenvalue weighted by molar-refractivity contribution is -0.143. The lowest BCUT2D eigenvalue weighted by atomic mass is 10.0. The van der Waals surface area contributed by atoms with Crippen LogP contribution < -0.4 is 24.8 Å². The first-order chi connectivity index (χ1) is 20.8. The van der Waals surface area contributed by atoms with Crippen molar-refractivity contribution < 1.29 is 47.7 Å². The highest BCUT2D eigenvalue weighted by atomic mass is 32.1. The van der Waals surface area contributed by atoms with Crippen molar-refractivity contribution >= 4 is 46.3 Å². The van der Waals surface area contributed by atoms with Gasteiger partial charge in [-0.1, -0.05) is 18.2 Å². The molecular formula is C28H26N4O10S. The fourth-order valence-corrected chi connectivity index (χ4v) is 5.14. The molecule has 0 aliphatic carbocycles. The first-order valence-corrected chi connectivity index (χ1v) is 13.8. The Morgan fingerprint density at radius 2 is 1.88 bits per heavy atom. The van der Waals surface area contributed by atoms with Crippen LogP contribution in [-0.4, -0.2) is 79.8 Å². The Morgan fingerprint density at radius 3 is 2.65 bits per heavy atom. The van der Waals surface area contributed by atoms with Gasteiger partial charge in [-0.2, -0.15) is 0 Å². The number of hydrogen-bond donors (Lipinski definition) is 2. The Hall–Kier alpha value is -5.18. The number of carbonyl (C=O) groups is 5. The minimum absolute atomic E-state index is 0.0107. The summed E-state index contributed by atoms with van der Waals surface area (Å²) in [6.07, 6.45) is -0.108. The third-order valence-electron chi connectivity index (χ3n) is 6.53. The van der Waals surface area contributed by atoms with Gasteiger partial charge in [0.1, 0.15) is 31.0 Å². The minimum atomic E-state index is -1.34.